The van der Waals surface area contributed by atoms with Crippen LogP contribution in [0.5, 0.6) is 11.5 Å². The van der Waals surface area contributed by atoms with Gasteiger partial charge >= 0.3 is 12.0 Å². The number of nitro benzene ring substituents is 1. The Kier molecular flexibility index (Phi) is 9.62. The zero-order chi connectivity index (χ0) is 31.1. The van der Waals surface area contributed by atoms with Crippen molar-refractivity contribution in [2.75, 3.05) is 20.3 Å². The third kappa shape index (κ3) is 7.29. The Balaban J connectivity index is 1.39. The molecule has 2 amide bonds. The molecule has 0 fully saturated rings. The Bertz CT molecular complexity index is 1580. The fourth-order valence-electron chi connectivity index (χ4n) is 4.35. The number of aliphatic hydroxyl groups is 1. The molecule has 0 spiro atoms. The topological polar surface area (TPSA) is 187 Å². The van der Waals surface area contributed by atoms with Crippen LogP contribution in [0.15, 0.2) is 69.3 Å². The number of hydrogen-bond donors (Lipinski definition) is 4. The van der Waals surface area contributed by atoms with E-state index < -0.39 is 29.2 Å². The third-order valence-electron chi connectivity index (χ3n) is 6.40. The largest absolute Gasteiger partial charge is 0.490 e. The predicted molar refractivity (Wildman–Crippen MR) is 155 cm³/mol. The standard InChI is InChI=1S/C29H31N5O9/c1-5-41-24-13-19(27-26(28(36)40-4)17(3)31-29(37)32-27)8-10-23(24)42-15-25(35)33-30-14-20-9-11-22(43-20)18-7-6-16(2)21(12-18)34(38)39/h6-14,25,27,33,35H,5,15H2,1-4H3,(H2,31,32,37)/b30-14+/t25-,27-/m0/s1. The van der Waals surface area contributed by atoms with Gasteiger partial charge in [-0.05, 0) is 50.6 Å². The molecule has 0 saturated carbocycles. The van der Waals surface area contributed by atoms with Crippen LogP contribution in [0.2, 0.25) is 0 Å². The van der Waals surface area contributed by atoms with Gasteiger partial charge in [-0.2, -0.15) is 5.10 Å². The average molecular weight is 594 g/mol. The highest BCUT2D eigenvalue weighted by atomic mass is 16.6. The Hall–Kier alpha value is -5.37. The van der Waals surface area contributed by atoms with Crippen LogP contribution < -0.4 is 25.5 Å². The summed E-state index contributed by atoms with van der Waals surface area (Å²) in [6.07, 6.45) is 0.136. The predicted octanol–water partition coefficient (Wildman–Crippen LogP) is 3.68. The monoisotopic (exact) mass is 593 g/mol. The summed E-state index contributed by atoms with van der Waals surface area (Å²) in [5.74, 6) is 0.846. The zero-order valence-electron chi connectivity index (χ0n) is 23.9. The number of methoxy groups -OCH3 is 1. The molecule has 0 radical (unpaired) electrons. The first-order valence-corrected chi connectivity index (χ1v) is 13.2. The molecule has 3 aromatic rings. The van der Waals surface area contributed by atoms with E-state index in [0.29, 0.717) is 52.0 Å². The number of hydrazone groups is 1. The molecule has 4 rings (SSSR count). The number of ether oxygens (including phenoxy) is 3. The van der Waals surface area contributed by atoms with Gasteiger partial charge in [-0.15, -0.1) is 0 Å². The maximum Gasteiger partial charge on any atom is 0.337 e. The summed E-state index contributed by atoms with van der Waals surface area (Å²) in [4.78, 5) is 35.3. The molecule has 0 aliphatic carbocycles. The van der Waals surface area contributed by atoms with Crippen LogP contribution in [-0.2, 0) is 9.53 Å². The van der Waals surface area contributed by atoms with Gasteiger partial charge in [0, 0.05) is 22.9 Å². The van der Waals surface area contributed by atoms with Gasteiger partial charge < -0.3 is 34.4 Å². The molecule has 1 aliphatic rings. The normalized spacial score (nSPS) is 15.5. The number of aryl methyl sites for hydroxylation is 1. The van der Waals surface area contributed by atoms with E-state index in [-0.39, 0.29) is 17.9 Å². The average Bonchev–Trinajstić information content (AvgIpc) is 3.45. The van der Waals surface area contributed by atoms with Crippen molar-refractivity contribution in [2.24, 2.45) is 5.10 Å². The lowest BCUT2D eigenvalue weighted by Crippen LogP contribution is -2.45. The van der Waals surface area contributed by atoms with Crippen molar-refractivity contribution in [1.29, 1.82) is 0 Å². The molecular formula is C29H31N5O9. The van der Waals surface area contributed by atoms with Gasteiger partial charge in [-0.25, -0.2) is 9.59 Å². The second kappa shape index (κ2) is 13.5. The number of nitro groups is 1. The van der Waals surface area contributed by atoms with Crippen LogP contribution in [0, 0.1) is 17.0 Å². The van der Waals surface area contributed by atoms with E-state index in [0.717, 1.165) is 0 Å². The van der Waals surface area contributed by atoms with Crippen molar-refractivity contribution < 1.29 is 38.2 Å². The van der Waals surface area contributed by atoms with Gasteiger partial charge in [-0.1, -0.05) is 18.2 Å². The summed E-state index contributed by atoms with van der Waals surface area (Å²) < 4.78 is 22.0. The molecular weight excluding hydrogens is 562 g/mol. The molecule has 43 heavy (non-hydrogen) atoms. The lowest BCUT2D eigenvalue weighted by Gasteiger charge is -2.28. The van der Waals surface area contributed by atoms with E-state index in [2.05, 4.69) is 21.2 Å². The number of rotatable bonds is 12. The Morgan fingerprint density at radius 2 is 1.98 bits per heavy atom. The number of hydrogen-bond acceptors (Lipinski definition) is 11. The molecule has 4 N–H and O–H groups in total. The van der Waals surface area contributed by atoms with Gasteiger partial charge in [-0.3, -0.25) is 15.5 Å². The number of allylic oxidation sites excluding steroid dienone is 1. The Labute approximate surface area is 246 Å². The number of carbonyl (C=O) groups is 2. The zero-order valence-corrected chi connectivity index (χ0v) is 23.9. The summed E-state index contributed by atoms with van der Waals surface area (Å²) in [6.45, 7) is 5.16. The third-order valence-corrected chi connectivity index (χ3v) is 6.40. The van der Waals surface area contributed by atoms with Gasteiger partial charge in [0.25, 0.3) is 5.69 Å². The van der Waals surface area contributed by atoms with E-state index in [1.807, 2.05) is 0 Å². The van der Waals surface area contributed by atoms with Gasteiger partial charge in [0.05, 0.1) is 36.5 Å². The first kappa shape index (κ1) is 30.6. The SMILES string of the molecule is CCOc1cc([C@@H]2NC(=O)NC(C)=C2C(=O)OC)ccc1OC[C@H](O)N/N=C/c1ccc(-c2ccc(C)c([N+](=O)[O-])c2)o1. The summed E-state index contributed by atoms with van der Waals surface area (Å²) in [7, 11) is 1.26. The fourth-order valence-corrected chi connectivity index (χ4v) is 4.35. The number of aliphatic hydroxyl groups excluding tert-OH is 1. The van der Waals surface area contributed by atoms with Crippen LogP contribution in [0.25, 0.3) is 11.3 Å². The second-order valence-electron chi connectivity index (χ2n) is 9.38. The molecule has 226 valence electrons. The summed E-state index contributed by atoms with van der Waals surface area (Å²) in [5.41, 5.74) is 4.80. The lowest BCUT2D eigenvalue weighted by molar-refractivity contribution is -0.385. The van der Waals surface area contributed by atoms with Crippen LogP contribution >= 0.6 is 0 Å². The fraction of sp³-hybridized carbons (Fsp3) is 0.276. The van der Waals surface area contributed by atoms with Gasteiger partial charge in [0.1, 0.15) is 18.1 Å². The first-order chi connectivity index (χ1) is 20.6. The number of furan rings is 1. The van der Waals surface area contributed by atoms with Crippen molar-refractivity contribution in [3.05, 3.63) is 86.8 Å². The lowest BCUT2D eigenvalue weighted by atomic mass is 9.95. The number of nitrogens with one attached hydrogen (secondary N) is 3. The molecule has 2 aromatic carbocycles. The smallest absolute Gasteiger partial charge is 0.337 e. The van der Waals surface area contributed by atoms with Crippen molar-refractivity contribution in [1.82, 2.24) is 16.1 Å². The molecule has 0 saturated heterocycles. The number of amides is 2. The number of nitrogens with zero attached hydrogens (tertiary/aromatic N) is 2. The summed E-state index contributed by atoms with van der Waals surface area (Å²) in [6, 6.07) is 11.8. The molecule has 1 aliphatic heterocycles. The van der Waals surface area contributed by atoms with Crippen LogP contribution in [0.1, 0.15) is 36.8 Å². The maximum absolute atomic E-state index is 12.4. The minimum Gasteiger partial charge on any atom is -0.490 e. The Morgan fingerprint density at radius 1 is 1.19 bits per heavy atom. The number of benzene rings is 2. The van der Waals surface area contributed by atoms with Crippen LogP contribution in [-0.4, -0.2) is 54.8 Å². The van der Waals surface area contributed by atoms with Crippen LogP contribution in [0.4, 0.5) is 10.5 Å². The minimum absolute atomic E-state index is 0.00743. The van der Waals surface area contributed by atoms with E-state index in [1.165, 1.54) is 19.4 Å². The highest BCUT2D eigenvalue weighted by Gasteiger charge is 2.32. The first-order valence-electron chi connectivity index (χ1n) is 13.2. The van der Waals surface area contributed by atoms with E-state index in [9.17, 15) is 24.8 Å². The molecule has 0 unspecified atom stereocenters. The molecule has 2 heterocycles. The summed E-state index contributed by atoms with van der Waals surface area (Å²) >= 11 is 0. The number of urea groups is 1. The second-order valence-corrected chi connectivity index (χ2v) is 9.38. The molecule has 2 atom stereocenters. The maximum atomic E-state index is 12.4. The summed E-state index contributed by atoms with van der Waals surface area (Å²) in [5, 5.41) is 30.8. The quantitative estimate of drug-likeness (QED) is 0.0793. The van der Waals surface area contributed by atoms with Crippen LogP contribution in [0.3, 0.4) is 0 Å². The van der Waals surface area contributed by atoms with Gasteiger partial charge in [0.2, 0.25) is 0 Å². The molecule has 14 heteroatoms. The molecule has 0 bridgehead atoms. The van der Waals surface area contributed by atoms with E-state index >= 15 is 0 Å². The van der Waals surface area contributed by atoms with Crippen molar-refractivity contribution >= 4 is 23.9 Å². The van der Waals surface area contributed by atoms with Gasteiger partial charge in [0.15, 0.2) is 17.7 Å². The highest BCUT2D eigenvalue weighted by molar-refractivity contribution is 5.95. The molecule has 1 aromatic heterocycles. The highest BCUT2D eigenvalue weighted by Crippen LogP contribution is 2.35. The van der Waals surface area contributed by atoms with Crippen molar-refractivity contribution in [3.8, 4) is 22.8 Å². The number of esters is 1. The Morgan fingerprint density at radius 3 is 2.70 bits per heavy atom. The molecule has 14 nitrogen and oxygen atoms in total. The minimum atomic E-state index is -1.21. The van der Waals surface area contributed by atoms with E-state index in [1.54, 1.807) is 63.2 Å². The number of carbonyl (C=O) groups excluding carboxylic acids is 2. The van der Waals surface area contributed by atoms with Crippen molar-refractivity contribution in [3.63, 3.8) is 0 Å². The van der Waals surface area contributed by atoms with Crippen molar-refractivity contribution in [2.45, 2.75) is 33.0 Å². The van der Waals surface area contributed by atoms with E-state index in [4.69, 9.17) is 18.6 Å².